The molecule has 0 atom stereocenters. The van der Waals surface area contributed by atoms with E-state index >= 15 is 0 Å². The number of carbonyl (C=O) groups excluding carboxylic acids is 2. The largest absolute Gasteiger partial charge is 0.355 e. The number of carbonyl (C=O) groups is 2. The molecule has 2 saturated carbocycles. The van der Waals surface area contributed by atoms with E-state index in [2.05, 4.69) is 14.8 Å². The van der Waals surface area contributed by atoms with Gasteiger partial charge in [-0.2, -0.15) is 0 Å². The van der Waals surface area contributed by atoms with Crippen LogP contribution in [0.2, 0.25) is 5.02 Å². The quantitative estimate of drug-likeness (QED) is 0.361. The number of nitrogens with zero attached hydrogens (tertiary/aromatic N) is 3. The second kappa shape index (κ2) is 12.8. The summed E-state index contributed by atoms with van der Waals surface area (Å²) in [5.74, 6) is 0.985. The fourth-order valence-corrected chi connectivity index (χ4v) is 6.53. The highest BCUT2D eigenvalue weighted by molar-refractivity contribution is 6.31. The molecular formula is C31H39ClN4O2. The molecular weight excluding hydrogens is 496 g/mol. The highest BCUT2D eigenvalue weighted by Crippen LogP contribution is 2.31. The van der Waals surface area contributed by atoms with Gasteiger partial charge in [-0.05, 0) is 49.4 Å². The Bertz CT molecular complexity index is 1230. The maximum atomic E-state index is 14.0. The summed E-state index contributed by atoms with van der Waals surface area (Å²) in [5.41, 5.74) is 2.68. The first-order valence-electron chi connectivity index (χ1n) is 14.4. The molecule has 3 aromatic rings. The Morgan fingerprint density at radius 3 is 2.21 bits per heavy atom. The zero-order valence-electron chi connectivity index (χ0n) is 22.2. The predicted octanol–water partition coefficient (Wildman–Crippen LogP) is 6.09. The first-order chi connectivity index (χ1) is 18.6. The molecule has 2 amide bonds. The van der Waals surface area contributed by atoms with Crippen molar-refractivity contribution in [3.05, 3.63) is 64.9 Å². The second-order valence-corrected chi connectivity index (χ2v) is 11.3. The van der Waals surface area contributed by atoms with Crippen LogP contribution in [0.3, 0.4) is 0 Å². The van der Waals surface area contributed by atoms with Crippen LogP contribution in [0.1, 0.15) is 75.6 Å². The van der Waals surface area contributed by atoms with E-state index in [1.54, 1.807) is 6.07 Å². The lowest BCUT2D eigenvalue weighted by Gasteiger charge is -2.42. The maximum absolute atomic E-state index is 14.0. The zero-order valence-corrected chi connectivity index (χ0v) is 23.0. The van der Waals surface area contributed by atoms with Gasteiger partial charge in [-0.15, -0.1) is 0 Å². The molecule has 7 heteroatoms. The minimum Gasteiger partial charge on any atom is -0.355 e. The van der Waals surface area contributed by atoms with Crippen molar-refractivity contribution in [2.75, 3.05) is 6.54 Å². The van der Waals surface area contributed by atoms with Gasteiger partial charge in [-0.3, -0.25) is 9.59 Å². The SMILES string of the molecule is O=C(Cc1ccccc1Cl)NCCc1nc2ccccc2n1CC(=O)N(C1CCCCC1)C1CCCCC1. The lowest BCUT2D eigenvalue weighted by Crippen LogP contribution is -2.50. The standard InChI is InChI=1S/C31H39ClN4O2/c32-26-16-8-7-11-23(26)21-30(37)33-20-19-29-34-27-17-9-10-18-28(27)35(29)22-31(38)36(24-12-3-1-4-13-24)25-14-5-2-6-15-25/h7-11,16-18,24-25H,1-6,12-15,19-22H2,(H,33,37). The lowest BCUT2D eigenvalue weighted by atomic mass is 9.88. The van der Waals surface area contributed by atoms with Crippen LogP contribution in [0.25, 0.3) is 11.0 Å². The van der Waals surface area contributed by atoms with Crippen LogP contribution >= 0.6 is 11.6 Å². The molecule has 0 radical (unpaired) electrons. The molecule has 2 aliphatic carbocycles. The van der Waals surface area contributed by atoms with Crippen LogP contribution in [0.15, 0.2) is 48.5 Å². The Labute approximate surface area is 230 Å². The maximum Gasteiger partial charge on any atom is 0.243 e. The molecule has 202 valence electrons. The zero-order chi connectivity index (χ0) is 26.3. The fourth-order valence-electron chi connectivity index (χ4n) is 6.32. The monoisotopic (exact) mass is 534 g/mol. The Hall–Kier alpha value is -2.86. The van der Waals surface area contributed by atoms with Crippen molar-refractivity contribution >= 4 is 34.4 Å². The second-order valence-electron chi connectivity index (χ2n) is 10.9. The molecule has 1 N–H and O–H groups in total. The number of imidazole rings is 1. The van der Waals surface area contributed by atoms with Crippen LogP contribution in [-0.4, -0.2) is 44.9 Å². The Balaban J connectivity index is 1.30. The number of hydrogen-bond acceptors (Lipinski definition) is 3. The topological polar surface area (TPSA) is 67.2 Å². The molecule has 0 spiro atoms. The van der Waals surface area contributed by atoms with E-state index in [1.807, 2.05) is 42.5 Å². The van der Waals surface area contributed by atoms with E-state index in [9.17, 15) is 9.59 Å². The summed E-state index contributed by atoms with van der Waals surface area (Å²) in [6.07, 6.45) is 12.7. The average Bonchev–Trinajstić information content (AvgIpc) is 3.28. The number of hydrogen-bond donors (Lipinski definition) is 1. The van der Waals surface area contributed by atoms with Crippen LogP contribution < -0.4 is 5.32 Å². The molecule has 0 saturated heterocycles. The van der Waals surface area contributed by atoms with Crippen molar-refractivity contribution in [2.24, 2.45) is 0 Å². The van der Waals surface area contributed by atoms with Gasteiger partial charge in [0.05, 0.1) is 17.5 Å². The number of para-hydroxylation sites is 2. The molecule has 1 aromatic heterocycles. The van der Waals surface area contributed by atoms with Gasteiger partial charge in [-0.1, -0.05) is 80.5 Å². The Kier molecular flexibility index (Phi) is 9.00. The van der Waals surface area contributed by atoms with Gasteiger partial charge in [-0.25, -0.2) is 4.98 Å². The molecule has 0 aliphatic heterocycles. The van der Waals surface area contributed by atoms with Crippen LogP contribution in [0, 0.1) is 0 Å². The first-order valence-corrected chi connectivity index (χ1v) is 14.7. The Morgan fingerprint density at radius 2 is 1.53 bits per heavy atom. The molecule has 0 bridgehead atoms. The lowest BCUT2D eigenvalue weighted by molar-refractivity contribution is -0.138. The number of fused-ring (bicyclic) bond motifs is 1. The predicted molar refractivity (Wildman–Crippen MR) is 152 cm³/mol. The van der Waals surface area contributed by atoms with Gasteiger partial charge in [0, 0.05) is 30.1 Å². The molecule has 2 aliphatic rings. The smallest absolute Gasteiger partial charge is 0.243 e. The highest BCUT2D eigenvalue weighted by Gasteiger charge is 2.33. The van der Waals surface area contributed by atoms with E-state index in [4.69, 9.17) is 16.6 Å². The van der Waals surface area contributed by atoms with Crippen molar-refractivity contribution < 1.29 is 9.59 Å². The van der Waals surface area contributed by atoms with Crippen LogP contribution in [0.5, 0.6) is 0 Å². The molecule has 5 rings (SSSR count). The third-order valence-electron chi connectivity index (χ3n) is 8.23. The van der Waals surface area contributed by atoms with Crippen LogP contribution in [-0.2, 0) is 29.0 Å². The van der Waals surface area contributed by atoms with E-state index in [-0.39, 0.29) is 18.2 Å². The number of nitrogens with one attached hydrogen (secondary N) is 1. The summed E-state index contributed by atoms with van der Waals surface area (Å²) in [7, 11) is 0. The van der Waals surface area contributed by atoms with Gasteiger partial charge in [0.1, 0.15) is 12.4 Å². The average molecular weight is 535 g/mol. The number of rotatable bonds is 9. The number of amides is 2. The minimum atomic E-state index is -0.0717. The summed E-state index contributed by atoms with van der Waals surface area (Å²) in [6.45, 7) is 0.756. The normalized spacial score (nSPS) is 17.0. The van der Waals surface area contributed by atoms with E-state index in [1.165, 1.54) is 38.5 Å². The van der Waals surface area contributed by atoms with E-state index in [0.717, 1.165) is 48.1 Å². The van der Waals surface area contributed by atoms with Crippen molar-refractivity contribution in [1.29, 1.82) is 0 Å². The van der Waals surface area contributed by atoms with Gasteiger partial charge in [0.2, 0.25) is 11.8 Å². The third kappa shape index (κ3) is 6.40. The summed E-state index contributed by atoms with van der Waals surface area (Å²) in [5, 5.41) is 3.61. The third-order valence-corrected chi connectivity index (χ3v) is 8.60. The van der Waals surface area contributed by atoms with Gasteiger partial charge < -0.3 is 14.8 Å². The molecule has 2 fully saturated rings. The Morgan fingerprint density at radius 1 is 0.895 bits per heavy atom. The van der Waals surface area contributed by atoms with Crippen molar-refractivity contribution in [3.8, 4) is 0 Å². The van der Waals surface area contributed by atoms with Crippen molar-refractivity contribution in [1.82, 2.24) is 19.8 Å². The molecule has 38 heavy (non-hydrogen) atoms. The fraction of sp³-hybridized carbons (Fsp3) is 0.516. The van der Waals surface area contributed by atoms with Gasteiger partial charge >= 0.3 is 0 Å². The summed E-state index contributed by atoms with van der Waals surface area (Å²) >= 11 is 6.22. The molecule has 1 heterocycles. The minimum absolute atomic E-state index is 0.0717. The first kappa shape index (κ1) is 26.7. The molecule has 6 nitrogen and oxygen atoms in total. The number of halogens is 1. The molecule has 2 aromatic carbocycles. The summed E-state index contributed by atoms with van der Waals surface area (Å²) in [6, 6.07) is 16.2. The van der Waals surface area contributed by atoms with E-state index < -0.39 is 0 Å². The van der Waals surface area contributed by atoms with Gasteiger partial charge in [0.25, 0.3) is 0 Å². The summed E-state index contributed by atoms with van der Waals surface area (Å²) < 4.78 is 2.08. The highest BCUT2D eigenvalue weighted by atomic mass is 35.5. The van der Waals surface area contributed by atoms with Crippen molar-refractivity contribution in [2.45, 2.75) is 95.7 Å². The number of benzene rings is 2. The summed E-state index contributed by atoms with van der Waals surface area (Å²) in [4.78, 5) is 33.7. The number of aromatic nitrogens is 2. The van der Waals surface area contributed by atoms with E-state index in [0.29, 0.717) is 36.6 Å². The van der Waals surface area contributed by atoms with Crippen molar-refractivity contribution in [3.63, 3.8) is 0 Å². The van der Waals surface area contributed by atoms with Gasteiger partial charge in [0.15, 0.2) is 0 Å². The van der Waals surface area contributed by atoms with Crippen LogP contribution in [0.4, 0.5) is 0 Å². The molecule has 0 unspecified atom stereocenters.